The molecule has 2 aromatic rings. The first-order valence-electron chi connectivity index (χ1n) is 7.66. The van der Waals surface area contributed by atoms with Gasteiger partial charge in [0.25, 0.3) is 0 Å². The Kier molecular flexibility index (Phi) is 4.46. The van der Waals surface area contributed by atoms with Crippen molar-refractivity contribution in [3.8, 4) is 6.01 Å². The summed E-state index contributed by atoms with van der Waals surface area (Å²) in [7, 11) is 0. The smallest absolute Gasteiger partial charge is 0.316 e. The minimum Gasteiger partial charge on any atom is -0.463 e. The van der Waals surface area contributed by atoms with Gasteiger partial charge in [-0.2, -0.15) is 0 Å². The first-order chi connectivity index (χ1) is 10.7. The molecule has 2 aromatic heterocycles. The summed E-state index contributed by atoms with van der Waals surface area (Å²) in [6, 6.07) is 2.49. The van der Waals surface area contributed by atoms with Gasteiger partial charge in [0.05, 0.1) is 6.61 Å². The molecule has 0 amide bonds. The van der Waals surface area contributed by atoms with Gasteiger partial charge in [-0.15, -0.1) is 0 Å². The van der Waals surface area contributed by atoms with Crippen LogP contribution < -0.4 is 9.64 Å². The lowest BCUT2D eigenvalue weighted by atomic mass is 9.99. The van der Waals surface area contributed by atoms with Crippen molar-refractivity contribution in [2.75, 3.05) is 24.6 Å². The van der Waals surface area contributed by atoms with Crippen molar-refractivity contribution in [1.82, 2.24) is 19.9 Å². The third kappa shape index (κ3) is 3.69. The zero-order valence-electron chi connectivity index (χ0n) is 13.1. The predicted octanol–water partition coefficient (Wildman–Crippen LogP) is 2.18. The Morgan fingerprint density at radius 3 is 2.77 bits per heavy atom. The fourth-order valence-electron chi connectivity index (χ4n) is 2.67. The minimum atomic E-state index is 0.459. The zero-order valence-corrected chi connectivity index (χ0v) is 13.1. The summed E-state index contributed by atoms with van der Waals surface area (Å²) < 4.78 is 5.73. The summed E-state index contributed by atoms with van der Waals surface area (Å²) in [4.78, 5) is 19.2. The number of hydrogen-bond donors (Lipinski definition) is 0. The van der Waals surface area contributed by atoms with Gasteiger partial charge in [-0.3, -0.25) is 0 Å². The van der Waals surface area contributed by atoms with E-state index in [9.17, 15) is 0 Å². The molecule has 0 N–H and O–H groups in total. The van der Waals surface area contributed by atoms with Gasteiger partial charge in [0, 0.05) is 43.2 Å². The second kappa shape index (κ2) is 6.68. The van der Waals surface area contributed by atoms with E-state index in [0.717, 1.165) is 43.0 Å². The van der Waals surface area contributed by atoms with Crippen molar-refractivity contribution < 1.29 is 4.74 Å². The Labute approximate surface area is 130 Å². The van der Waals surface area contributed by atoms with Gasteiger partial charge < -0.3 is 9.64 Å². The molecule has 0 saturated carbocycles. The largest absolute Gasteiger partial charge is 0.463 e. The van der Waals surface area contributed by atoms with E-state index < -0.39 is 0 Å². The van der Waals surface area contributed by atoms with E-state index in [-0.39, 0.29) is 0 Å². The van der Waals surface area contributed by atoms with Crippen LogP contribution in [0.3, 0.4) is 0 Å². The maximum absolute atomic E-state index is 5.73. The van der Waals surface area contributed by atoms with Crippen molar-refractivity contribution in [2.45, 2.75) is 26.7 Å². The third-order valence-electron chi connectivity index (χ3n) is 3.84. The van der Waals surface area contributed by atoms with E-state index >= 15 is 0 Å². The van der Waals surface area contributed by atoms with Crippen LogP contribution in [0.1, 0.15) is 24.1 Å². The number of ether oxygens (including phenoxy) is 1. The van der Waals surface area contributed by atoms with E-state index in [4.69, 9.17) is 4.74 Å². The third-order valence-corrected chi connectivity index (χ3v) is 3.84. The number of piperidine rings is 1. The topological polar surface area (TPSA) is 64.0 Å². The fourth-order valence-corrected chi connectivity index (χ4v) is 2.67. The molecule has 0 aliphatic carbocycles. The molecule has 1 atom stereocenters. The van der Waals surface area contributed by atoms with Gasteiger partial charge in [-0.1, -0.05) is 0 Å². The standard InChI is InChI=1S/C16H21N5O/c1-12-7-17-16(18-8-12)22-10-14-4-3-5-21(9-14)15-6-13(2)19-11-20-15/h6-8,11,14H,3-5,9-10H2,1-2H3. The Hall–Kier alpha value is -2.24. The van der Waals surface area contributed by atoms with Gasteiger partial charge in [0.1, 0.15) is 12.1 Å². The molecule has 1 unspecified atom stereocenters. The van der Waals surface area contributed by atoms with E-state index in [0.29, 0.717) is 18.5 Å². The van der Waals surface area contributed by atoms with Crippen LogP contribution in [0.5, 0.6) is 6.01 Å². The predicted molar refractivity (Wildman–Crippen MR) is 84.0 cm³/mol. The highest BCUT2D eigenvalue weighted by atomic mass is 16.5. The highest BCUT2D eigenvalue weighted by molar-refractivity contribution is 5.39. The molecular formula is C16H21N5O. The van der Waals surface area contributed by atoms with Crippen LogP contribution in [0.15, 0.2) is 24.8 Å². The SMILES string of the molecule is Cc1cnc(OCC2CCCN(c3cc(C)ncn3)C2)nc1. The van der Waals surface area contributed by atoms with Gasteiger partial charge in [-0.05, 0) is 32.3 Å². The normalized spacial score (nSPS) is 18.3. The van der Waals surface area contributed by atoms with Crippen LogP contribution in [0.2, 0.25) is 0 Å². The van der Waals surface area contributed by atoms with Crippen molar-refractivity contribution in [3.63, 3.8) is 0 Å². The first kappa shape index (κ1) is 14.7. The average molecular weight is 299 g/mol. The molecule has 0 aromatic carbocycles. The molecule has 1 aliphatic heterocycles. The zero-order chi connectivity index (χ0) is 15.4. The number of nitrogens with zero attached hydrogens (tertiary/aromatic N) is 5. The fraction of sp³-hybridized carbons (Fsp3) is 0.500. The molecule has 3 rings (SSSR count). The van der Waals surface area contributed by atoms with Crippen LogP contribution in [0.25, 0.3) is 0 Å². The lowest BCUT2D eigenvalue weighted by Gasteiger charge is -2.33. The lowest BCUT2D eigenvalue weighted by Crippen LogP contribution is -2.38. The number of rotatable bonds is 4. The van der Waals surface area contributed by atoms with Gasteiger partial charge in [0.15, 0.2) is 0 Å². The molecule has 6 heteroatoms. The Bertz CT molecular complexity index is 616. The molecule has 1 aliphatic rings. The van der Waals surface area contributed by atoms with E-state index in [1.807, 2.05) is 19.9 Å². The molecular weight excluding hydrogens is 278 g/mol. The summed E-state index contributed by atoms with van der Waals surface area (Å²) in [6.45, 7) is 6.58. The van der Waals surface area contributed by atoms with E-state index in [2.05, 4.69) is 24.8 Å². The highest BCUT2D eigenvalue weighted by Gasteiger charge is 2.22. The molecule has 22 heavy (non-hydrogen) atoms. The molecule has 0 spiro atoms. The molecule has 116 valence electrons. The summed E-state index contributed by atoms with van der Waals surface area (Å²) in [5, 5.41) is 0. The Morgan fingerprint density at radius 2 is 2.00 bits per heavy atom. The van der Waals surface area contributed by atoms with Gasteiger partial charge in [0.2, 0.25) is 0 Å². The van der Waals surface area contributed by atoms with Crippen LogP contribution in [0, 0.1) is 19.8 Å². The number of aryl methyl sites for hydroxylation is 2. The average Bonchev–Trinajstić information content (AvgIpc) is 2.55. The monoisotopic (exact) mass is 299 g/mol. The summed E-state index contributed by atoms with van der Waals surface area (Å²) in [5.41, 5.74) is 2.03. The molecule has 0 radical (unpaired) electrons. The number of anilines is 1. The minimum absolute atomic E-state index is 0.459. The molecule has 1 saturated heterocycles. The van der Waals surface area contributed by atoms with Crippen molar-refractivity contribution in [3.05, 3.63) is 36.0 Å². The molecule has 3 heterocycles. The van der Waals surface area contributed by atoms with Crippen LogP contribution >= 0.6 is 0 Å². The molecule has 1 fully saturated rings. The summed E-state index contributed by atoms with van der Waals surface area (Å²) in [5.74, 6) is 1.47. The van der Waals surface area contributed by atoms with E-state index in [1.165, 1.54) is 0 Å². The quantitative estimate of drug-likeness (QED) is 0.862. The van der Waals surface area contributed by atoms with Crippen LogP contribution in [0.4, 0.5) is 5.82 Å². The van der Waals surface area contributed by atoms with Crippen molar-refractivity contribution in [2.24, 2.45) is 5.92 Å². The van der Waals surface area contributed by atoms with E-state index in [1.54, 1.807) is 18.7 Å². The Morgan fingerprint density at radius 1 is 1.18 bits per heavy atom. The maximum Gasteiger partial charge on any atom is 0.316 e. The second-order valence-electron chi connectivity index (χ2n) is 5.83. The van der Waals surface area contributed by atoms with Gasteiger partial charge >= 0.3 is 6.01 Å². The molecule has 6 nitrogen and oxygen atoms in total. The van der Waals surface area contributed by atoms with Crippen LogP contribution in [-0.4, -0.2) is 39.6 Å². The van der Waals surface area contributed by atoms with Gasteiger partial charge in [-0.25, -0.2) is 19.9 Å². The number of hydrogen-bond acceptors (Lipinski definition) is 6. The number of aromatic nitrogens is 4. The summed E-state index contributed by atoms with van der Waals surface area (Å²) in [6.07, 6.45) is 7.49. The van der Waals surface area contributed by atoms with Crippen molar-refractivity contribution in [1.29, 1.82) is 0 Å². The maximum atomic E-state index is 5.73. The highest BCUT2D eigenvalue weighted by Crippen LogP contribution is 2.22. The second-order valence-corrected chi connectivity index (χ2v) is 5.83. The van der Waals surface area contributed by atoms with Crippen LogP contribution in [-0.2, 0) is 0 Å². The first-order valence-corrected chi connectivity index (χ1v) is 7.66. The summed E-state index contributed by atoms with van der Waals surface area (Å²) >= 11 is 0. The molecule has 0 bridgehead atoms. The van der Waals surface area contributed by atoms with Crippen molar-refractivity contribution >= 4 is 5.82 Å². The lowest BCUT2D eigenvalue weighted by molar-refractivity contribution is 0.213. The Balaban J connectivity index is 1.57.